The van der Waals surface area contributed by atoms with Crippen molar-refractivity contribution in [2.45, 2.75) is 57.2 Å². The lowest BCUT2D eigenvalue weighted by Gasteiger charge is -2.38. The average Bonchev–Trinajstić information content (AvgIpc) is 2.39. The lowest BCUT2D eigenvalue weighted by molar-refractivity contribution is -0.124. The third-order valence-corrected chi connectivity index (χ3v) is 3.62. The molecule has 14 heavy (non-hydrogen) atoms. The standard InChI is InChI=1S/C12H19NO/c1-3-4-9(2)13-10-5-6-11(13)8-12(14)7-10/h3,9-11H,1,4-8H2,2H3. The summed E-state index contributed by atoms with van der Waals surface area (Å²) in [5.74, 6) is 0.472. The highest BCUT2D eigenvalue weighted by atomic mass is 16.1. The van der Waals surface area contributed by atoms with Crippen LogP contribution in [-0.2, 0) is 4.79 Å². The van der Waals surface area contributed by atoms with Gasteiger partial charge in [-0.3, -0.25) is 9.69 Å². The zero-order valence-corrected chi connectivity index (χ0v) is 8.91. The Kier molecular flexibility index (Phi) is 2.73. The van der Waals surface area contributed by atoms with Gasteiger partial charge in [0.05, 0.1) is 0 Å². The fourth-order valence-electron chi connectivity index (χ4n) is 3.09. The Morgan fingerprint density at radius 1 is 1.50 bits per heavy atom. The van der Waals surface area contributed by atoms with Crippen molar-refractivity contribution in [1.82, 2.24) is 4.90 Å². The highest BCUT2D eigenvalue weighted by Crippen LogP contribution is 2.36. The molecule has 2 heterocycles. The zero-order chi connectivity index (χ0) is 10.1. The third-order valence-electron chi connectivity index (χ3n) is 3.62. The predicted molar refractivity (Wildman–Crippen MR) is 57.2 cm³/mol. The molecule has 0 radical (unpaired) electrons. The van der Waals surface area contributed by atoms with E-state index in [9.17, 15) is 4.79 Å². The van der Waals surface area contributed by atoms with Crippen molar-refractivity contribution in [2.75, 3.05) is 0 Å². The van der Waals surface area contributed by atoms with E-state index >= 15 is 0 Å². The van der Waals surface area contributed by atoms with Crippen LogP contribution in [0.3, 0.4) is 0 Å². The summed E-state index contributed by atoms with van der Waals surface area (Å²) in [6.45, 7) is 6.04. The number of carbonyl (C=O) groups is 1. The first-order chi connectivity index (χ1) is 6.72. The summed E-state index contributed by atoms with van der Waals surface area (Å²) in [5.41, 5.74) is 0. The van der Waals surface area contributed by atoms with E-state index in [1.165, 1.54) is 12.8 Å². The minimum atomic E-state index is 0.472. The summed E-state index contributed by atoms with van der Waals surface area (Å²) in [6, 6.07) is 1.64. The molecule has 2 nitrogen and oxygen atoms in total. The summed E-state index contributed by atoms with van der Waals surface area (Å²) in [7, 11) is 0. The van der Waals surface area contributed by atoms with Gasteiger partial charge in [0, 0.05) is 31.0 Å². The Morgan fingerprint density at radius 2 is 2.07 bits per heavy atom. The van der Waals surface area contributed by atoms with Crippen molar-refractivity contribution >= 4 is 5.78 Å². The third kappa shape index (κ3) is 1.63. The molecule has 2 aliphatic rings. The number of hydrogen-bond donors (Lipinski definition) is 0. The Bertz CT molecular complexity index is 233. The van der Waals surface area contributed by atoms with Crippen LogP contribution in [0.5, 0.6) is 0 Å². The minimum Gasteiger partial charge on any atom is -0.300 e. The van der Waals surface area contributed by atoms with Gasteiger partial charge in [-0.15, -0.1) is 6.58 Å². The average molecular weight is 193 g/mol. The molecular weight excluding hydrogens is 174 g/mol. The highest BCUT2D eigenvalue weighted by Gasteiger charge is 2.41. The molecule has 3 atom stereocenters. The zero-order valence-electron chi connectivity index (χ0n) is 8.91. The maximum atomic E-state index is 11.4. The van der Waals surface area contributed by atoms with Crippen LogP contribution >= 0.6 is 0 Å². The van der Waals surface area contributed by atoms with Crippen LogP contribution in [-0.4, -0.2) is 28.8 Å². The SMILES string of the molecule is C=CCC(C)N1C2CCC1CC(=O)C2. The molecule has 0 saturated carbocycles. The maximum Gasteiger partial charge on any atom is 0.136 e. The number of rotatable bonds is 3. The van der Waals surface area contributed by atoms with Gasteiger partial charge in [-0.2, -0.15) is 0 Å². The van der Waals surface area contributed by atoms with E-state index in [1.54, 1.807) is 0 Å². The van der Waals surface area contributed by atoms with Crippen LogP contribution in [0.2, 0.25) is 0 Å². The first-order valence-electron chi connectivity index (χ1n) is 5.62. The van der Waals surface area contributed by atoms with E-state index in [1.807, 2.05) is 6.08 Å². The van der Waals surface area contributed by atoms with Crippen LogP contribution in [0.4, 0.5) is 0 Å². The van der Waals surface area contributed by atoms with E-state index in [0.717, 1.165) is 19.3 Å². The van der Waals surface area contributed by atoms with Gasteiger partial charge in [0.25, 0.3) is 0 Å². The number of hydrogen-bond acceptors (Lipinski definition) is 2. The lowest BCUT2D eigenvalue weighted by atomic mass is 9.98. The Labute approximate surface area is 86.0 Å². The van der Waals surface area contributed by atoms with E-state index in [0.29, 0.717) is 23.9 Å². The van der Waals surface area contributed by atoms with Crippen LogP contribution in [0.1, 0.15) is 39.0 Å². The Morgan fingerprint density at radius 3 is 2.57 bits per heavy atom. The molecule has 2 bridgehead atoms. The van der Waals surface area contributed by atoms with E-state index in [4.69, 9.17) is 0 Å². The normalized spacial score (nSPS) is 34.5. The van der Waals surface area contributed by atoms with Crippen molar-refractivity contribution in [1.29, 1.82) is 0 Å². The molecule has 0 aliphatic carbocycles. The van der Waals surface area contributed by atoms with Gasteiger partial charge in [-0.25, -0.2) is 0 Å². The van der Waals surface area contributed by atoms with Crippen molar-refractivity contribution in [2.24, 2.45) is 0 Å². The Hall–Kier alpha value is -0.630. The largest absolute Gasteiger partial charge is 0.300 e. The second kappa shape index (κ2) is 3.85. The summed E-state index contributed by atoms with van der Waals surface area (Å²) in [6.07, 6.45) is 7.05. The molecule has 0 aromatic carbocycles. The molecule has 0 spiro atoms. The van der Waals surface area contributed by atoms with Crippen molar-refractivity contribution < 1.29 is 4.79 Å². The maximum absolute atomic E-state index is 11.4. The fraction of sp³-hybridized carbons (Fsp3) is 0.750. The topological polar surface area (TPSA) is 20.3 Å². The van der Waals surface area contributed by atoms with Gasteiger partial charge in [-0.1, -0.05) is 6.08 Å². The van der Waals surface area contributed by atoms with Gasteiger partial charge in [0.2, 0.25) is 0 Å². The number of ketones is 1. The molecule has 2 fully saturated rings. The molecule has 78 valence electrons. The summed E-state index contributed by atoms with van der Waals surface area (Å²) >= 11 is 0. The predicted octanol–water partition coefficient (Wildman–Crippen LogP) is 2.15. The first kappa shape index (κ1) is 9.91. The summed E-state index contributed by atoms with van der Waals surface area (Å²) in [5, 5.41) is 0. The monoisotopic (exact) mass is 193 g/mol. The highest BCUT2D eigenvalue weighted by molar-refractivity contribution is 5.81. The molecule has 2 heteroatoms. The van der Waals surface area contributed by atoms with Gasteiger partial charge < -0.3 is 0 Å². The molecule has 2 saturated heterocycles. The van der Waals surface area contributed by atoms with Crippen LogP contribution in [0.15, 0.2) is 12.7 Å². The molecule has 3 unspecified atom stereocenters. The van der Waals surface area contributed by atoms with E-state index in [2.05, 4.69) is 18.4 Å². The smallest absolute Gasteiger partial charge is 0.136 e. The quantitative estimate of drug-likeness (QED) is 0.640. The molecule has 0 amide bonds. The number of carbonyl (C=O) groups excluding carboxylic acids is 1. The molecule has 0 aromatic rings. The van der Waals surface area contributed by atoms with Crippen LogP contribution < -0.4 is 0 Å². The molecule has 2 rings (SSSR count). The number of piperidine rings is 1. The molecule has 0 N–H and O–H groups in total. The number of fused-ring (bicyclic) bond motifs is 2. The van der Waals surface area contributed by atoms with Crippen molar-refractivity contribution in [3.05, 3.63) is 12.7 Å². The second-order valence-corrected chi connectivity index (χ2v) is 4.65. The fourth-order valence-corrected chi connectivity index (χ4v) is 3.09. The number of nitrogens with zero attached hydrogens (tertiary/aromatic N) is 1. The Balaban J connectivity index is 2.06. The molecule has 0 aromatic heterocycles. The number of Topliss-reactive ketones (excluding diaryl/α,β-unsaturated/α-hetero) is 1. The van der Waals surface area contributed by atoms with Crippen LogP contribution in [0.25, 0.3) is 0 Å². The van der Waals surface area contributed by atoms with Gasteiger partial charge in [0.15, 0.2) is 0 Å². The van der Waals surface area contributed by atoms with Crippen molar-refractivity contribution in [3.8, 4) is 0 Å². The van der Waals surface area contributed by atoms with Gasteiger partial charge >= 0.3 is 0 Å². The molecular formula is C12H19NO. The van der Waals surface area contributed by atoms with E-state index in [-0.39, 0.29) is 0 Å². The second-order valence-electron chi connectivity index (χ2n) is 4.65. The molecule has 2 aliphatic heterocycles. The lowest BCUT2D eigenvalue weighted by Crippen LogP contribution is -2.47. The summed E-state index contributed by atoms with van der Waals surface area (Å²) < 4.78 is 0. The first-order valence-corrected chi connectivity index (χ1v) is 5.62. The summed E-state index contributed by atoms with van der Waals surface area (Å²) in [4.78, 5) is 14.0. The van der Waals surface area contributed by atoms with E-state index < -0.39 is 0 Å². The van der Waals surface area contributed by atoms with Crippen LogP contribution in [0, 0.1) is 0 Å². The van der Waals surface area contributed by atoms with Crippen molar-refractivity contribution in [3.63, 3.8) is 0 Å². The minimum absolute atomic E-state index is 0.472. The van der Waals surface area contributed by atoms with Gasteiger partial charge in [0.1, 0.15) is 5.78 Å². The van der Waals surface area contributed by atoms with Gasteiger partial charge in [-0.05, 0) is 26.2 Å².